The maximum atomic E-state index is 12.6. The van der Waals surface area contributed by atoms with Gasteiger partial charge in [-0.05, 0) is 53.9 Å². The van der Waals surface area contributed by atoms with Crippen LogP contribution in [0.25, 0.3) is 6.08 Å². The van der Waals surface area contributed by atoms with Crippen molar-refractivity contribution in [2.24, 2.45) is 10.1 Å². The third-order valence-corrected chi connectivity index (χ3v) is 6.44. The molecule has 1 amide bonds. The highest BCUT2D eigenvalue weighted by Gasteiger charge is 2.36. The van der Waals surface area contributed by atoms with E-state index in [0.29, 0.717) is 15.8 Å². The summed E-state index contributed by atoms with van der Waals surface area (Å²) >= 11 is 2.75. The second-order valence-electron chi connectivity index (χ2n) is 6.33. The van der Waals surface area contributed by atoms with Crippen molar-refractivity contribution in [3.05, 3.63) is 51.7 Å². The zero-order valence-corrected chi connectivity index (χ0v) is 18.8. The molecule has 2 aliphatic heterocycles. The molecule has 0 fully saturated rings. The lowest BCUT2D eigenvalue weighted by molar-refractivity contribution is -0.114. The normalized spacial score (nSPS) is 17.5. The van der Waals surface area contributed by atoms with Gasteiger partial charge in [0.15, 0.2) is 17.3 Å². The number of nitrogens with one attached hydrogen (secondary N) is 1. The van der Waals surface area contributed by atoms with Crippen LogP contribution in [0.15, 0.2) is 51.4 Å². The molecule has 1 aromatic carbocycles. The molecule has 3 heterocycles. The maximum Gasteiger partial charge on any atom is 0.306 e. The van der Waals surface area contributed by atoms with E-state index in [0.717, 1.165) is 11.1 Å². The number of nitrogens with zero attached hydrogens (tertiary/aromatic N) is 3. The molecule has 1 aromatic heterocycles. The van der Waals surface area contributed by atoms with E-state index in [1.54, 1.807) is 13.0 Å². The Bertz CT molecular complexity index is 1260. The monoisotopic (exact) mass is 476 g/mol. The first-order valence-corrected chi connectivity index (χ1v) is 12.5. The summed E-state index contributed by atoms with van der Waals surface area (Å²) in [6.45, 7) is 2.04. The van der Waals surface area contributed by atoms with Gasteiger partial charge in [0.1, 0.15) is 5.04 Å². The van der Waals surface area contributed by atoms with Crippen LogP contribution < -0.4 is 8.92 Å². The quantitative estimate of drug-likeness (QED) is 0.502. The highest BCUT2D eigenvalue weighted by atomic mass is 32.2. The molecule has 2 aliphatic rings. The van der Waals surface area contributed by atoms with Gasteiger partial charge in [0.2, 0.25) is 5.17 Å². The second-order valence-corrected chi connectivity index (χ2v) is 9.81. The minimum atomic E-state index is -3.73. The van der Waals surface area contributed by atoms with Crippen molar-refractivity contribution in [1.29, 1.82) is 5.41 Å². The Morgan fingerprint density at radius 3 is 2.74 bits per heavy atom. The first-order chi connectivity index (χ1) is 14.7. The fraction of sp³-hybridized carbons (Fsp3) is 0.158. The predicted molar refractivity (Wildman–Crippen MR) is 122 cm³/mol. The molecule has 160 valence electrons. The molecule has 9 nitrogen and oxygen atoms in total. The average Bonchev–Trinajstić information content (AvgIpc) is 3.36. The number of amides is 1. The standard InChI is InChI=1S/C19H16N4O5S3/c1-3-27-14-10-11(6-7-13(14)28-31(2,25)26)9-12-16(20)23-19(21-17(12)24)30-18(22-23)15-5-4-8-29-15/h4-10,20H,3H2,1-2H3. The summed E-state index contributed by atoms with van der Waals surface area (Å²) in [5, 5.41) is 17.2. The number of hydrogen-bond acceptors (Lipinski definition) is 9. The van der Waals surface area contributed by atoms with Crippen molar-refractivity contribution in [2.75, 3.05) is 12.9 Å². The molecular weight excluding hydrogens is 460 g/mol. The van der Waals surface area contributed by atoms with Crippen LogP contribution in [0.5, 0.6) is 11.5 Å². The summed E-state index contributed by atoms with van der Waals surface area (Å²) in [4.78, 5) is 17.6. The van der Waals surface area contributed by atoms with Gasteiger partial charge in [-0.1, -0.05) is 12.1 Å². The van der Waals surface area contributed by atoms with Crippen LogP contribution in [0.3, 0.4) is 0 Å². The topological polar surface area (TPSA) is 121 Å². The van der Waals surface area contributed by atoms with Crippen LogP contribution in [0.1, 0.15) is 17.4 Å². The van der Waals surface area contributed by atoms with Crippen LogP contribution in [0.2, 0.25) is 0 Å². The van der Waals surface area contributed by atoms with Gasteiger partial charge in [-0.15, -0.1) is 11.3 Å². The summed E-state index contributed by atoms with van der Waals surface area (Å²) < 4.78 is 33.3. The second kappa shape index (κ2) is 8.29. The molecule has 31 heavy (non-hydrogen) atoms. The summed E-state index contributed by atoms with van der Waals surface area (Å²) in [7, 11) is -3.73. The molecule has 12 heteroatoms. The lowest BCUT2D eigenvalue weighted by Crippen LogP contribution is -2.35. The zero-order valence-electron chi connectivity index (χ0n) is 16.4. The number of carbonyl (C=O) groups is 1. The van der Waals surface area contributed by atoms with E-state index in [2.05, 4.69) is 10.1 Å². The van der Waals surface area contributed by atoms with E-state index >= 15 is 0 Å². The molecule has 0 unspecified atom stereocenters. The molecule has 0 aliphatic carbocycles. The molecule has 2 aromatic rings. The molecule has 4 rings (SSSR count). The summed E-state index contributed by atoms with van der Waals surface area (Å²) in [6, 6.07) is 8.35. The van der Waals surface area contributed by atoms with Gasteiger partial charge in [0.25, 0.3) is 5.91 Å². The molecule has 0 saturated carbocycles. The minimum Gasteiger partial charge on any atom is -0.490 e. The van der Waals surface area contributed by atoms with Crippen LogP contribution >= 0.6 is 23.1 Å². The highest BCUT2D eigenvalue weighted by Crippen LogP contribution is 2.34. The Kier molecular flexibility index (Phi) is 5.69. The van der Waals surface area contributed by atoms with Gasteiger partial charge in [0.05, 0.1) is 23.3 Å². The van der Waals surface area contributed by atoms with Crippen molar-refractivity contribution in [1.82, 2.24) is 5.01 Å². The Morgan fingerprint density at radius 1 is 1.26 bits per heavy atom. The van der Waals surface area contributed by atoms with Crippen LogP contribution in [0.4, 0.5) is 0 Å². The van der Waals surface area contributed by atoms with E-state index in [1.165, 1.54) is 46.3 Å². The third-order valence-electron chi connectivity index (χ3n) is 4.01. The van der Waals surface area contributed by atoms with Crippen molar-refractivity contribution < 1.29 is 22.1 Å². The van der Waals surface area contributed by atoms with Crippen molar-refractivity contribution in [3.8, 4) is 11.5 Å². The van der Waals surface area contributed by atoms with Gasteiger partial charge < -0.3 is 8.92 Å². The Hall–Kier alpha value is -2.96. The van der Waals surface area contributed by atoms with E-state index < -0.39 is 16.0 Å². The van der Waals surface area contributed by atoms with Gasteiger partial charge in [-0.2, -0.15) is 23.5 Å². The highest BCUT2D eigenvalue weighted by molar-refractivity contribution is 8.27. The van der Waals surface area contributed by atoms with E-state index in [1.807, 2.05) is 17.5 Å². The molecule has 1 N–H and O–H groups in total. The molecular formula is C19H16N4O5S3. The van der Waals surface area contributed by atoms with E-state index in [4.69, 9.17) is 14.3 Å². The number of hydrazone groups is 1. The molecule has 0 spiro atoms. The first kappa shape index (κ1) is 21.3. The number of fused-ring (bicyclic) bond motifs is 1. The molecule has 0 atom stereocenters. The van der Waals surface area contributed by atoms with Gasteiger partial charge in [0, 0.05) is 0 Å². The lowest BCUT2D eigenvalue weighted by Gasteiger charge is -2.20. The number of thiophene rings is 1. The van der Waals surface area contributed by atoms with Gasteiger partial charge >= 0.3 is 10.1 Å². The summed E-state index contributed by atoms with van der Waals surface area (Å²) in [5.74, 6) is -0.404. The fourth-order valence-electron chi connectivity index (χ4n) is 2.77. The van der Waals surface area contributed by atoms with Crippen LogP contribution in [-0.2, 0) is 14.9 Å². The number of carbonyl (C=O) groups excluding carboxylic acids is 1. The van der Waals surface area contributed by atoms with E-state index in [9.17, 15) is 13.2 Å². The Labute approximate surface area is 186 Å². The largest absolute Gasteiger partial charge is 0.490 e. The maximum absolute atomic E-state index is 12.6. The smallest absolute Gasteiger partial charge is 0.306 e. The number of amidine groups is 2. The third kappa shape index (κ3) is 4.55. The lowest BCUT2D eigenvalue weighted by atomic mass is 10.1. The van der Waals surface area contributed by atoms with Gasteiger partial charge in [-0.25, -0.2) is 0 Å². The van der Waals surface area contributed by atoms with Crippen molar-refractivity contribution >= 4 is 61.2 Å². The van der Waals surface area contributed by atoms with Crippen LogP contribution in [-0.4, -0.2) is 48.2 Å². The van der Waals surface area contributed by atoms with Crippen LogP contribution in [0, 0.1) is 5.41 Å². The summed E-state index contributed by atoms with van der Waals surface area (Å²) in [5.41, 5.74) is 0.574. The number of rotatable bonds is 6. The number of thioether (sulfide) groups is 1. The fourth-order valence-corrected chi connectivity index (χ4v) is 4.92. The molecule has 0 saturated heterocycles. The first-order valence-electron chi connectivity index (χ1n) is 8.95. The summed E-state index contributed by atoms with van der Waals surface area (Å²) in [6.07, 6.45) is 2.43. The van der Waals surface area contributed by atoms with Crippen molar-refractivity contribution in [3.63, 3.8) is 0 Å². The Balaban J connectivity index is 1.67. The minimum absolute atomic E-state index is 0.0398. The van der Waals surface area contributed by atoms with Gasteiger partial charge in [-0.3, -0.25) is 10.2 Å². The van der Waals surface area contributed by atoms with Crippen molar-refractivity contribution in [2.45, 2.75) is 6.92 Å². The number of benzene rings is 1. The Morgan fingerprint density at radius 2 is 2.06 bits per heavy atom. The molecule has 0 radical (unpaired) electrons. The SMILES string of the molecule is CCOc1cc(C=C2C(=N)N3N=C(c4cccs4)SC3=NC2=O)ccc1OS(C)(=O)=O. The van der Waals surface area contributed by atoms with E-state index in [-0.39, 0.29) is 29.5 Å². The predicted octanol–water partition coefficient (Wildman–Crippen LogP) is 3.15. The average molecular weight is 477 g/mol. The number of hydrogen-bond donors (Lipinski definition) is 1. The molecule has 0 bridgehead atoms. The zero-order chi connectivity index (χ0) is 22.2. The number of aliphatic imine (C=N–C) groups is 1. The number of ether oxygens (including phenoxy) is 1.